The van der Waals surface area contributed by atoms with E-state index < -0.39 is 5.97 Å². The molecule has 0 unspecified atom stereocenters. The maximum atomic E-state index is 12.4. The van der Waals surface area contributed by atoms with E-state index in [1.165, 1.54) is 24.0 Å². The van der Waals surface area contributed by atoms with Crippen LogP contribution in [0.5, 0.6) is 0 Å². The van der Waals surface area contributed by atoms with Gasteiger partial charge >= 0.3 is 5.97 Å². The van der Waals surface area contributed by atoms with E-state index in [2.05, 4.69) is 40.6 Å². The number of allylic oxidation sites excluding steroid dienone is 2. The number of benzene rings is 3. The summed E-state index contributed by atoms with van der Waals surface area (Å²) < 4.78 is 6.08. The van der Waals surface area contributed by atoms with Crippen molar-refractivity contribution in [2.24, 2.45) is 0 Å². The van der Waals surface area contributed by atoms with Gasteiger partial charge in [-0.15, -0.1) is 11.3 Å². The number of rotatable bonds is 10. The first-order chi connectivity index (χ1) is 20.5. The number of aromatic nitrogens is 1. The van der Waals surface area contributed by atoms with E-state index in [0.29, 0.717) is 12.1 Å². The lowest BCUT2D eigenvalue weighted by Crippen LogP contribution is -2.26. The third-order valence-electron chi connectivity index (χ3n) is 7.42. The molecule has 212 valence electrons. The largest absolute Gasteiger partial charge is 0.481 e. The van der Waals surface area contributed by atoms with Gasteiger partial charge in [0.25, 0.3) is 5.91 Å². The van der Waals surface area contributed by atoms with Crippen molar-refractivity contribution in [1.29, 1.82) is 0 Å². The zero-order chi connectivity index (χ0) is 28.9. The molecule has 0 bridgehead atoms. The molecule has 0 saturated carbocycles. The lowest BCUT2D eigenvalue weighted by atomic mass is 9.93. The normalized spacial score (nSPS) is 13.1. The maximum Gasteiger partial charge on any atom is 0.305 e. The second kappa shape index (κ2) is 12.4. The van der Waals surface area contributed by atoms with E-state index in [4.69, 9.17) is 14.5 Å². The second-order valence-corrected chi connectivity index (χ2v) is 11.2. The highest BCUT2D eigenvalue weighted by atomic mass is 32.1. The van der Waals surface area contributed by atoms with Gasteiger partial charge in [0.2, 0.25) is 0 Å². The molecule has 1 amide bonds. The van der Waals surface area contributed by atoms with Gasteiger partial charge in [-0.2, -0.15) is 0 Å². The first-order valence-corrected chi connectivity index (χ1v) is 15.0. The lowest BCUT2D eigenvalue weighted by molar-refractivity contribution is -0.136. The molecule has 0 saturated heterocycles. The average Bonchev–Trinajstić information content (AvgIpc) is 3.68. The van der Waals surface area contributed by atoms with Crippen LogP contribution in [0.3, 0.4) is 0 Å². The zero-order valence-corrected chi connectivity index (χ0v) is 23.9. The Bertz CT molecular complexity index is 1700. The predicted molar refractivity (Wildman–Crippen MR) is 167 cm³/mol. The van der Waals surface area contributed by atoms with Crippen LogP contribution in [0.1, 0.15) is 53.6 Å². The number of nitrogens with one attached hydrogen (secondary N) is 1. The summed E-state index contributed by atoms with van der Waals surface area (Å²) in [7, 11) is 0. The first-order valence-electron chi connectivity index (χ1n) is 14.1. The fourth-order valence-corrected chi connectivity index (χ4v) is 6.00. The zero-order valence-electron chi connectivity index (χ0n) is 23.1. The minimum Gasteiger partial charge on any atom is -0.481 e. The average molecular weight is 578 g/mol. The summed E-state index contributed by atoms with van der Waals surface area (Å²) in [4.78, 5) is 30.3. The number of nitrogens with zero attached hydrogens (tertiary/aromatic N) is 2. The number of thiazole rings is 1. The van der Waals surface area contributed by atoms with Crippen molar-refractivity contribution in [1.82, 2.24) is 10.3 Å². The van der Waals surface area contributed by atoms with Gasteiger partial charge in [-0.05, 0) is 78.8 Å². The summed E-state index contributed by atoms with van der Waals surface area (Å²) in [5.41, 5.74) is 6.82. The van der Waals surface area contributed by atoms with Gasteiger partial charge in [0.1, 0.15) is 11.3 Å². The molecular formula is C34H31N3O4S. The third kappa shape index (κ3) is 6.29. The molecule has 0 radical (unpaired) electrons. The number of fused-ring (bicyclic) bond motifs is 1. The van der Waals surface area contributed by atoms with Gasteiger partial charge in [0, 0.05) is 28.6 Å². The number of carbonyl (C=O) groups is 2. The van der Waals surface area contributed by atoms with Crippen LogP contribution in [-0.4, -0.2) is 28.5 Å². The summed E-state index contributed by atoms with van der Waals surface area (Å²) in [6, 6.07) is 26.0. The van der Waals surface area contributed by atoms with Crippen molar-refractivity contribution in [2.75, 3.05) is 11.4 Å². The molecule has 2 aromatic heterocycles. The van der Waals surface area contributed by atoms with E-state index in [1.807, 2.05) is 47.8 Å². The van der Waals surface area contributed by atoms with E-state index in [0.717, 1.165) is 51.6 Å². The second-order valence-electron chi connectivity index (χ2n) is 10.4. The molecule has 7 nitrogen and oxygen atoms in total. The van der Waals surface area contributed by atoms with Crippen LogP contribution >= 0.6 is 11.3 Å². The molecule has 8 heteroatoms. The number of para-hydroxylation sites is 1. The minimum absolute atomic E-state index is 0.0915. The summed E-state index contributed by atoms with van der Waals surface area (Å²) in [6.45, 7) is 0.643. The van der Waals surface area contributed by atoms with E-state index in [-0.39, 0.29) is 18.9 Å². The smallest absolute Gasteiger partial charge is 0.305 e. The van der Waals surface area contributed by atoms with Gasteiger partial charge in [0.05, 0.1) is 13.0 Å². The number of amides is 1. The number of furan rings is 1. The van der Waals surface area contributed by atoms with Crippen molar-refractivity contribution in [2.45, 2.75) is 38.6 Å². The Labute approximate surface area is 248 Å². The highest BCUT2D eigenvalue weighted by molar-refractivity contribution is 7.14. The fourth-order valence-electron chi connectivity index (χ4n) is 5.16. The van der Waals surface area contributed by atoms with Gasteiger partial charge < -0.3 is 19.7 Å². The summed E-state index contributed by atoms with van der Waals surface area (Å²) in [6.07, 6.45) is 6.99. The van der Waals surface area contributed by atoms with Crippen molar-refractivity contribution >= 4 is 50.6 Å². The first kappa shape index (κ1) is 27.5. The molecule has 42 heavy (non-hydrogen) atoms. The summed E-state index contributed by atoms with van der Waals surface area (Å²) >= 11 is 1.56. The number of carbonyl (C=O) groups excluding carboxylic acids is 1. The van der Waals surface area contributed by atoms with Crippen LogP contribution in [0.4, 0.5) is 10.8 Å². The number of carboxylic acids is 1. The van der Waals surface area contributed by atoms with Crippen molar-refractivity contribution in [3.8, 4) is 11.5 Å². The molecule has 0 aliphatic heterocycles. The van der Waals surface area contributed by atoms with Crippen molar-refractivity contribution in [3.05, 3.63) is 107 Å². The molecule has 5 aromatic rings. The van der Waals surface area contributed by atoms with Crippen molar-refractivity contribution in [3.63, 3.8) is 0 Å². The molecule has 0 spiro atoms. The fraction of sp³-hybridized carbons (Fsp3) is 0.206. The Balaban J connectivity index is 1.27. The van der Waals surface area contributed by atoms with Crippen LogP contribution < -0.4 is 10.2 Å². The molecule has 2 heterocycles. The van der Waals surface area contributed by atoms with Gasteiger partial charge in [-0.3, -0.25) is 9.59 Å². The number of carboxylic acid groups (broad SMARTS) is 1. The highest BCUT2D eigenvalue weighted by Gasteiger charge is 2.18. The van der Waals surface area contributed by atoms with Crippen LogP contribution in [-0.2, 0) is 11.3 Å². The quantitative estimate of drug-likeness (QED) is 0.174. The monoisotopic (exact) mass is 577 g/mol. The number of anilines is 2. The molecule has 0 atom stereocenters. The highest BCUT2D eigenvalue weighted by Crippen LogP contribution is 2.36. The Kier molecular flexibility index (Phi) is 8.14. The van der Waals surface area contributed by atoms with Crippen LogP contribution in [0, 0.1) is 0 Å². The molecule has 3 aromatic carbocycles. The van der Waals surface area contributed by atoms with Crippen LogP contribution in [0.25, 0.3) is 28.0 Å². The Hall–Kier alpha value is -4.69. The van der Waals surface area contributed by atoms with Gasteiger partial charge in [-0.1, -0.05) is 48.5 Å². The maximum absolute atomic E-state index is 12.4. The molecule has 2 N–H and O–H groups in total. The lowest BCUT2D eigenvalue weighted by Gasteiger charge is -2.23. The number of hydrogen-bond acceptors (Lipinski definition) is 6. The number of aliphatic carboxylic acids is 1. The Morgan fingerprint density at radius 2 is 1.81 bits per heavy atom. The molecule has 1 aliphatic rings. The summed E-state index contributed by atoms with van der Waals surface area (Å²) in [5.74, 6) is -0.501. The Morgan fingerprint density at radius 1 is 1.00 bits per heavy atom. The van der Waals surface area contributed by atoms with Crippen LogP contribution in [0.15, 0.2) is 94.7 Å². The van der Waals surface area contributed by atoms with E-state index >= 15 is 0 Å². The predicted octanol–water partition coefficient (Wildman–Crippen LogP) is 8.06. The third-order valence-corrected chi connectivity index (χ3v) is 8.29. The topological polar surface area (TPSA) is 95.7 Å². The van der Waals surface area contributed by atoms with Crippen molar-refractivity contribution < 1.29 is 19.1 Å². The van der Waals surface area contributed by atoms with Gasteiger partial charge in [0.15, 0.2) is 10.9 Å². The SMILES string of the molecule is O=C(O)CCNC(=O)c1ccc(CN(c2ccc(C3=CCCCC3)cc2)c2nc(-c3cc4ccccc4o3)cs2)cc1. The molecule has 0 fully saturated rings. The molecular weight excluding hydrogens is 546 g/mol. The molecule has 6 rings (SSSR count). The van der Waals surface area contributed by atoms with E-state index in [1.54, 1.807) is 23.5 Å². The summed E-state index contributed by atoms with van der Waals surface area (Å²) in [5, 5.41) is 15.4. The Morgan fingerprint density at radius 3 is 2.55 bits per heavy atom. The molecule has 1 aliphatic carbocycles. The number of hydrogen-bond donors (Lipinski definition) is 2. The van der Waals surface area contributed by atoms with E-state index in [9.17, 15) is 9.59 Å². The van der Waals surface area contributed by atoms with Gasteiger partial charge in [-0.25, -0.2) is 4.98 Å². The minimum atomic E-state index is -0.945. The van der Waals surface area contributed by atoms with Crippen LogP contribution in [0.2, 0.25) is 0 Å². The standard InChI is InChI=1S/C34H31N3O4S/c38-32(39)18-19-35-33(40)26-12-10-23(11-13-26)21-37(28-16-14-25(15-17-28)24-6-2-1-3-7-24)34-36-29(22-42-34)31-20-27-8-4-5-9-30(27)41-31/h4-6,8-17,20,22H,1-3,7,18-19,21H2,(H,35,40)(H,38,39).